The number of amides is 2. The van der Waals surface area contributed by atoms with E-state index < -0.39 is 16.7 Å². The zero-order chi connectivity index (χ0) is 19.6. The van der Waals surface area contributed by atoms with Crippen LogP contribution in [0.15, 0.2) is 53.7 Å². The molecule has 0 saturated heterocycles. The van der Waals surface area contributed by atoms with E-state index >= 15 is 0 Å². The van der Waals surface area contributed by atoms with E-state index in [1.54, 1.807) is 12.1 Å². The smallest absolute Gasteiger partial charge is 0.271 e. The van der Waals surface area contributed by atoms with Crippen LogP contribution in [0, 0.1) is 10.1 Å². The molecule has 0 aliphatic carbocycles. The molecule has 9 heteroatoms. The Kier molecular flexibility index (Phi) is 7.00. The van der Waals surface area contributed by atoms with Crippen molar-refractivity contribution in [2.75, 3.05) is 17.2 Å². The summed E-state index contributed by atoms with van der Waals surface area (Å²) < 4.78 is 0. The van der Waals surface area contributed by atoms with Crippen molar-refractivity contribution in [3.8, 4) is 0 Å². The molecule has 0 unspecified atom stereocenters. The van der Waals surface area contributed by atoms with Gasteiger partial charge in [0.2, 0.25) is 0 Å². The first-order valence-electron chi connectivity index (χ1n) is 8.07. The predicted octanol–water partition coefficient (Wildman–Crippen LogP) is 2.74. The van der Waals surface area contributed by atoms with Crippen molar-refractivity contribution in [3.05, 3.63) is 64.2 Å². The third kappa shape index (κ3) is 6.58. The molecule has 0 radical (unpaired) electrons. The van der Waals surface area contributed by atoms with Gasteiger partial charge in [0.25, 0.3) is 17.5 Å². The summed E-state index contributed by atoms with van der Waals surface area (Å²) in [6.45, 7) is 1.67. The Morgan fingerprint density at radius 3 is 2.56 bits per heavy atom. The molecular weight excluding hydrogens is 352 g/mol. The second-order valence-electron chi connectivity index (χ2n) is 5.40. The molecule has 0 heterocycles. The van der Waals surface area contributed by atoms with Crippen LogP contribution in [0.25, 0.3) is 0 Å². The van der Waals surface area contributed by atoms with Gasteiger partial charge in [0, 0.05) is 23.5 Å². The van der Waals surface area contributed by atoms with Gasteiger partial charge in [0.05, 0.1) is 4.92 Å². The molecule has 0 bridgehead atoms. The molecule has 0 fully saturated rings. The van der Waals surface area contributed by atoms with E-state index in [0.29, 0.717) is 5.69 Å². The van der Waals surface area contributed by atoms with Gasteiger partial charge in [-0.2, -0.15) is 0 Å². The fourth-order valence-electron chi connectivity index (χ4n) is 2.07. The van der Waals surface area contributed by atoms with Crippen molar-refractivity contribution in [3.63, 3.8) is 0 Å². The highest BCUT2D eigenvalue weighted by Crippen LogP contribution is 2.16. The first kappa shape index (κ1) is 19.6. The summed E-state index contributed by atoms with van der Waals surface area (Å²) in [6.07, 6.45) is 1.74. The average Bonchev–Trinajstić information content (AvgIpc) is 2.66. The third-order valence-electron chi connectivity index (χ3n) is 3.41. The van der Waals surface area contributed by atoms with Crippen LogP contribution in [0.2, 0.25) is 0 Å². The van der Waals surface area contributed by atoms with Gasteiger partial charge < -0.3 is 15.5 Å². The number of hydrogen-bond acceptors (Lipinski definition) is 6. The minimum atomic E-state index is -0.647. The van der Waals surface area contributed by atoms with Crippen LogP contribution < -0.4 is 10.6 Å². The lowest BCUT2D eigenvalue weighted by molar-refractivity contribution is -0.384. The van der Waals surface area contributed by atoms with E-state index in [1.165, 1.54) is 24.3 Å². The summed E-state index contributed by atoms with van der Waals surface area (Å²) in [5, 5.41) is 19.1. The Morgan fingerprint density at radius 2 is 1.89 bits per heavy atom. The molecule has 0 aliphatic heterocycles. The lowest BCUT2D eigenvalue weighted by atomic mass is 10.1. The number of nitro benzene ring substituents is 1. The number of carbonyl (C=O) groups excluding carboxylic acids is 2. The Hall–Kier alpha value is -3.75. The van der Waals surface area contributed by atoms with Gasteiger partial charge >= 0.3 is 0 Å². The first-order valence-corrected chi connectivity index (χ1v) is 8.07. The molecule has 2 aromatic carbocycles. The number of nitrogens with one attached hydrogen (secondary N) is 2. The molecule has 0 aliphatic rings. The third-order valence-corrected chi connectivity index (χ3v) is 3.41. The van der Waals surface area contributed by atoms with Crippen LogP contribution in [-0.2, 0) is 20.8 Å². The first-order chi connectivity index (χ1) is 13.0. The maximum atomic E-state index is 11.7. The van der Waals surface area contributed by atoms with Gasteiger partial charge in [-0.15, -0.1) is 0 Å². The summed E-state index contributed by atoms with van der Waals surface area (Å²) in [4.78, 5) is 38.3. The summed E-state index contributed by atoms with van der Waals surface area (Å²) in [5.41, 5.74) is 1.88. The zero-order valence-electron chi connectivity index (χ0n) is 14.5. The van der Waals surface area contributed by atoms with Crippen molar-refractivity contribution in [1.29, 1.82) is 0 Å². The quantitative estimate of drug-likeness (QED) is 0.420. The van der Waals surface area contributed by atoms with Gasteiger partial charge in [-0.05, 0) is 30.2 Å². The normalized spacial score (nSPS) is 10.4. The minimum absolute atomic E-state index is 0.148. The topological polar surface area (TPSA) is 123 Å². The summed E-state index contributed by atoms with van der Waals surface area (Å²) in [6, 6.07) is 12.8. The number of nitro groups is 1. The number of oxime groups is 1. The highest BCUT2D eigenvalue weighted by atomic mass is 16.6. The summed E-state index contributed by atoms with van der Waals surface area (Å²) >= 11 is 0. The van der Waals surface area contributed by atoms with E-state index in [-0.39, 0.29) is 18.0 Å². The molecule has 0 aromatic heterocycles. The van der Waals surface area contributed by atoms with Crippen LogP contribution in [0.4, 0.5) is 17.1 Å². The molecule has 0 saturated carbocycles. The number of rotatable bonds is 8. The van der Waals surface area contributed by atoms with E-state index in [0.717, 1.165) is 18.2 Å². The van der Waals surface area contributed by atoms with E-state index in [1.807, 2.05) is 19.1 Å². The summed E-state index contributed by atoms with van der Waals surface area (Å²) in [5.74, 6) is -1.07. The van der Waals surface area contributed by atoms with Crippen molar-refractivity contribution in [2.45, 2.75) is 13.3 Å². The maximum Gasteiger partial charge on any atom is 0.271 e. The second kappa shape index (κ2) is 9.66. The van der Waals surface area contributed by atoms with Gasteiger partial charge in [-0.3, -0.25) is 19.7 Å². The summed E-state index contributed by atoms with van der Waals surface area (Å²) in [7, 11) is 0. The van der Waals surface area contributed by atoms with E-state index in [9.17, 15) is 19.7 Å². The van der Waals surface area contributed by atoms with Gasteiger partial charge in [0.15, 0.2) is 6.61 Å². The number of nitrogens with zero attached hydrogens (tertiary/aromatic N) is 2. The molecule has 2 amide bonds. The zero-order valence-corrected chi connectivity index (χ0v) is 14.5. The number of benzene rings is 2. The average molecular weight is 370 g/mol. The van der Waals surface area contributed by atoms with Crippen molar-refractivity contribution in [2.24, 2.45) is 5.16 Å². The number of anilines is 2. The predicted molar refractivity (Wildman–Crippen MR) is 101 cm³/mol. The lowest BCUT2D eigenvalue weighted by Crippen LogP contribution is -2.18. The molecule has 0 atom stereocenters. The molecule has 140 valence electrons. The van der Waals surface area contributed by atoms with Crippen molar-refractivity contribution < 1.29 is 19.3 Å². The Labute approximate surface area is 155 Å². The highest BCUT2D eigenvalue weighted by molar-refractivity contribution is 6.31. The molecule has 27 heavy (non-hydrogen) atoms. The SMILES string of the molecule is CCc1ccc(NC(=O)CO/N=C\C(=O)Nc2cccc([N+](=O)[O-])c2)cc1. The fourth-order valence-corrected chi connectivity index (χ4v) is 2.07. The number of aryl methyl sites for hydroxylation is 1. The van der Waals surface area contributed by atoms with Crippen LogP contribution in [-0.4, -0.2) is 29.6 Å². The van der Waals surface area contributed by atoms with Gasteiger partial charge in [-0.1, -0.05) is 30.3 Å². The van der Waals surface area contributed by atoms with Crippen LogP contribution in [0.1, 0.15) is 12.5 Å². The molecule has 9 nitrogen and oxygen atoms in total. The fraction of sp³-hybridized carbons (Fsp3) is 0.167. The molecule has 2 N–H and O–H groups in total. The van der Waals surface area contributed by atoms with Crippen LogP contribution in [0.3, 0.4) is 0 Å². The molecule has 0 spiro atoms. The highest BCUT2D eigenvalue weighted by Gasteiger charge is 2.07. The second-order valence-corrected chi connectivity index (χ2v) is 5.40. The van der Waals surface area contributed by atoms with Crippen molar-refractivity contribution >= 4 is 35.1 Å². The molecule has 2 rings (SSSR count). The number of hydrogen-bond donors (Lipinski definition) is 2. The van der Waals surface area contributed by atoms with Gasteiger partial charge in [-0.25, -0.2) is 0 Å². The Balaban J connectivity index is 1.75. The van der Waals surface area contributed by atoms with Crippen LogP contribution in [0.5, 0.6) is 0 Å². The monoisotopic (exact) mass is 370 g/mol. The van der Waals surface area contributed by atoms with E-state index in [2.05, 4.69) is 15.8 Å². The largest absolute Gasteiger partial charge is 0.385 e. The van der Waals surface area contributed by atoms with Crippen LogP contribution >= 0.6 is 0 Å². The lowest BCUT2D eigenvalue weighted by Gasteiger charge is -2.05. The standard InChI is InChI=1S/C18H18N4O5/c1-2-13-6-8-14(9-7-13)20-18(24)12-27-19-11-17(23)21-15-4-3-5-16(10-15)22(25)26/h3-11H,2,12H2,1H3,(H,20,24)(H,21,23)/b19-11-. The number of carbonyl (C=O) groups is 2. The molecule has 2 aromatic rings. The Morgan fingerprint density at radius 1 is 1.15 bits per heavy atom. The van der Waals surface area contributed by atoms with E-state index in [4.69, 9.17) is 4.84 Å². The van der Waals surface area contributed by atoms with Crippen molar-refractivity contribution in [1.82, 2.24) is 0 Å². The van der Waals surface area contributed by atoms with Gasteiger partial charge in [0.1, 0.15) is 6.21 Å². The molecular formula is C18H18N4O5. The minimum Gasteiger partial charge on any atom is -0.385 e. The number of non-ortho nitro benzene ring substituents is 1. The maximum absolute atomic E-state index is 11.7. The Bertz CT molecular complexity index is 849.